The van der Waals surface area contributed by atoms with E-state index >= 15 is 0 Å². The van der Waals surface area contributed by atoms with Crippen LogP contribution in [-0.2, 0) is 13.0 Å². The molecule has 0 spiro atoms. The van der Waals surface area contributed by atoms with Crippen molar-refractivity contribution >= 4 is 17.4 Å². The third kappa shape index (κ3) is 4.09. The van der Waals surface area contributed by atoms with Gasteiger partial charge in [-0.05, 0) is 23.5 Å². The minimum Gasteiger partial charge on any atom is -0.395 e. The number of hydrogen-bond acceptors (Lipinski definition) is 5. The number of aliphatic hydroxyl groups excluding tert-OH is 1. The van der Waals surface area contributed by atoms with Gasteiger partial charge in [-0.15, -0.1) is 5.10 Å². The highest BCUT2D eigenvalue weighted by atomic mass is 32.1. The fraction of sp³-hybridized carbons (Fsp3) is 0.400. The number of amides is 1. The molecule has 0 unspecified atom stereocenters. The van der Waals surface area contributed by atoms with Crippen molar-refractivity contribution in [2.75, 3.05) is 13.2 Å². The van der Waals surface area contributed by atoms with Crippen molar-refractivity contribution in [3.05, 3.63) is 46.5 Å². The number of aromatic nitrogens is 2. The van der Waals surface area contributed by atoms with E-state index in [-0.39, 0.29) is 12.5 Å². The van der Waals surface area contributed by atoms with E-state index in [4.69, 9.17) is 0 Å². The van der Waals surface area contributed by atoms with Crippen LogP contribution in [0.3, 0.4) is 0 Å². The van der Waals surface area contributed by atoms with Crippen LogP contribution in [0.25, 0.3) is 0 Å². The monoisotopic (exact) mass is 305 g/mol. The Balaban J connectivity index is 2.17. The van der Waals surface area contributed by atoms with E-state index in [2.05, 4.69) is 9.59 Å². The van der Waals surface area contributed by atoms with E-state index in [0.717, 1.165) is 35.6 Å². The van der Waals surface area contributed by atoms with Gasteiger partial charge >= 0.3 is 0 Å². The molecule has 0 saturated carbocycles. The fourth-order valence-corrected chi connectivity index (χ4v) is 2.77. The van der Waals surface area contributed by atoms with Gasteiger partial charge < -0.3 is 10.0 Å². The Morgan fingerprint density at radius 3 is 2.76 bits per heavy atom. The standard InChI is InChI=1S/C15H19N3O2S/c1-2-6-13-14(21-17-16-13)15(20)18(9-10-19)11-12-7-4-3-5-8-12/h3-5,7-8,19H,2,6,9-11H2,1H3. The second-order valence-corrected chi connectivity index (χ2v) is 5.49. The van der Waals surface area contributed by atoms with Gasteiger partial charge in [0.15, 0.2) is 0 Å². The van der Waals surface area contributed by atoms with Crippen molar-refractivity contribution in [3.8, 4) is 0 Å². The fourth-order valence-electron chi connectivity index (χ4n) is 2.09. The first-order valence-electron chi connectivity index (χ1n) is 7.01. The minimum absolute atomic E-state index is 0.0616. The smallest absolute Gasteiger partial charge is 0.267 e. The molecule has 0 radical (unpaired) electrons. The number of aliphatic hydroxyl groups is 1. The SMILES string of the molecule is CCCc1nnsc1C(=O)N(CCO)Cc1ccccc1. The average molecular weight is 305 g/mol. The van der Waals surface area contributed by atoms with E-state index in [1.807, 2.05) is 37.3 Å². The topological polar surface area (TPSA) is 66.3 Å². The van der Waals surface area contributed by atoms with Crippen molar-refractivity contribution in [2.24, 2.45) is 0 Å². The maximum atomic E-state index is 12.6. The molecule has 1 amide bonds. The zero-order chi connectivity index (χ0) is 15.1. The van der Waals surface area contributed by atoms with E-state index in [1.165, 1.54) is 0 Å². The van der Waals surface area contributed by atoms with Crippen LogP contribution in [0.2, 0.25) is 0 Å². The van der Waals surface area contributed by atoms with E-state index in [9.17, 15) is 9.90 Å². The molecule has 112 valence electrons. The van der Waals surface area contributed by atoms with E-state index < -0.39 is 0 Å². The lowest BCUT2D eigenvalue weighted by Gasteiger charge is -2.21. The van der Waals surface area contributed by atoms with Gasteiger partial charge in [-0.3, -0.25) is 4.79 Å². The highest BCUT2D eigenvalue weighted by molar-refractivity contribution is 7.08. The average Bonchev–Trinajstić information content (AvgIpc) is 2.96. The molecule has 1 aromatic carbocycles. The van der Waals surface area contributed by atoms with Gasteiger partial charge in [0.1, 0.15) is 4.88 Å². The first kappa shape index (κ1) is 15.6. The summed E-state index contributed by atoms with van der Waals surface area (Å²) < 4.78 is 3.89. The molecular formula is C15H19N3O2S. The van der Waals surface area contributed by atoms with Gasteiger partial charge in [0.2, 0.25) is 0 Å². The van der Waals surface area contributed by atoms with Crippen molar-refractivity contribution in [3.63, 3.8) is 0 Å². The van der Waals surface area contributed by atoms with Crippen LogP contribution in [0, 0.1) is 0 Å². The van der Waals surface area contributed by atoms with Gasteiger partial charge in [-0.1, -0.05) is 48.2 Å². The third-order valence-corrected chi connectivity index (χ3v) is 3.87. The Bertz CT molecular complexity index is 571. The molecule has 6 heteroatoms. The minimum atomic E-state index is -0.105. The number of nitrogens with zero attached hydrogens (tertiary/aromatic N) is 3. The molecular weight excluding hydrogens is 286 g/mol. The summed E-state index contributed by atoms with van der Waals surface area (Å²) in [5.41, 5.74) is 1.79. The summed E-state index contributed by atoms with van der Waals surface area (Å²) in [5.74, 6) is -0.105. The first-order valence-corrected chi connectivity index (χ1v) is 7.79. The Morgan fingerprint density at radius 1 is 1.33 bits per heavy atom. The molecule has 2 rings (SSSR count). The molecule has 0 aliphatic rings. The van der Waals surface area contributed by atoms with Gasteiger partial charge in [0.05, 0.1) is 12.3 Å². The molecule has 0 fully saturated rings. The van der Waals surface area contributed by atoms with Gasteiger partial charge in [-0.25, -0.2) is 0 Å². The molecule has 0 aliphatic heterocycles. The number of carbonyl (C=O) groups is 1. The molecule has 5 nitrogen and oxygen atoms in total. The Hall–Kier alpha value is -1.79. The number of rotatable bonds is 7. The molecule has 1 N–H and O–H groups in total. The highest BCUT2D eigenvalue weighted by Crippen LogP contribution is 2.17. The van der Waals surface area contributed by atoms with E-state index in [0.29, 0.717) is 18.0 Å². The Kier molecular flexibility index (Phi) is 5.83. The molecule has 1 heterocycles. The predicted octanol–water partition coefficient (Wildman–Crippen LogP) is 2.13. The number of hydrogen-bond donors (Lipinski definition) is 1. The zero-order valence-corrected chi connectivity index (χ0v) is 12.8. The van der Waals surface area contributed by atoms with Crippen LogP contribution < -0.4 is 0 Å². The van der Waals surface area contributed by atoms with Gasteiger partial charge in [-0.2, -0.15) is 0 Å². The molecule has 2 aromatic rings. The van der Waals surface area contributed by atoms with Crippen LogP contribution in [-0.4, -0.2) is 38.7 Å². The van der Waals surface area contributed by atoms with E-state index in [1.54, 1.807) is 4.90 Å². The molecule has 0 saturated heterocycles. The summed E-state index contributed by atoms with van der Waals surface area (Å²) >= 11 is 1.13. The highest BCUT2D eigenvalue weighted by Gasteiger charge is 2.21. The maximum absolute atomic E-state index is 12.6. The summed E-state index contributed by atoms with van der Waals surface area (Å²) in [6.45, 7) is 2.76. The zero-order valence-electron chi connectivity index (χ0n) is 12.0. The molecule has 21 heavy (non-hydrogen) atoms. The van der Waals surface area contributed by atoms with Gasteiger partial charge in [0.25, 0.3) is 5.91 Å². The van der Waals surface area contributed by atoms with Crippen molar-refractivity contribution in [1.82, 2.24) is 14.5 Å². The lowest BCUT2D eigenvalue weighted by molar-refractivity contribution is 0.0711. The van der Waals surface area contributed by atoms with Crippen molar-refractivity contribution in [2.45, 2.75) is 26.3 Å². The molecule has 1 aromatic heterocycles. The van der Waals surface area contributed by atoms with Crippen LogP contribution in [0.4, 0.5) is 0 Å². The second-order valence-electron chi connectivity index (χ2n) is 4.73. The van der Waals surface area contributed by atoms with Crippen molar-refractivity contribution in [1.29, 1.82) is 0 Å². The predicted molar refractivity (Wildman–Crippen MR) is 82.2 cm³/mol. The summed E-state index contributed by atoms with van der Waals surface area (Å²) in [6, 6.07) is 9.75. The molecule has 0 aliphatic carbocycles. The lowest BCUT2D eigenvalue weighted by Crippen LogP contribution is -2.33. The number of aryl methyl sites for hydroxylation is 1. The normalized spacial score (nSPS) is 10.6. The lowest BCUT2D eigenvalue weighted by atomic mass is 10.2. The molecule has 0 atom stereocenters. The Labute approximate surface area is 128 Å². The first-order chi connectivity index (χ1) is 10.3. The summed E-state index contributed by atoms with van der Waals surface area (Å²) in [5, 5.41) is 13.2. The van der Waals surface area contributed by atoms with Crippen LogP contribution >= 0.6 is 11.5 Å². The maximum Gasteiger partial charge on any atom is 0.267 e. The number of carbonyl (C=O) groups excluding carboxylic acids is 1. The largest absolute Gasteiger partial charge is 0.395 e. The summed E-state index contributed by atoms with van der Waals surface area (Å²) in [4.78, 5) is 14.9. The third-order valence-electron chi connectivity index (χ3n) is 3.11. The second kappa shape index (κ2) is 7.85. The van der Waals surface area contributed by atoms with Crippen LogP contribution in [0.1, 0.15) is 34.3 Å². The van der Waals surface area contributed by atoms with Crippen LogP contribution in [0.15, 0.2) is 30.3 Å². The number of benzene rings is 1. The van der Waals surface area contributed by atoms with Gasteiger partial charge in [0, 0.05) is 13.1 Å². The summed E-state index contributed by atoms with van der Waals surface area (Å²) in [6.07, 6.45) is 1.67. The quantitative estimate of drug-likeness (QED) is 0.851. The Morgan fingerprint density at radius 2 is 2.10 bits per heavy atom. The summed E-state index contributed by atoms with van der Waals surface area (Å²) in [7, 11) is 0. The van der Waals surface area contributed by atoms with Crippen molar-refractivity contribution < 1.29 is 9.90 Å². The van der Waals surface area contributed by atoms with Crippen LogP contribution in [0.5, 0.6) is 0 Å². The molecule has 0 bridgehead atoms.